The van der Waals surface area contributed by atoms with Crippen molar-refractivity contribution < 1.29 is 9.13 Å². The van der Waals surface area contributed by atoms with E-state index in [0.717, 1.165) is 0 Å². The third-order valence-electron chi connectivity index (χ3n) is 2.57. The first kappa shape index (κ1) is 11.7. The van der Waals surface area contributed by atoms with Crippen molar-refractivity contribution in [2.75, 3.05) is 5.73 Å². The highest BCUT2D eigenvalue weighted by molar-refractivity contribution is 6.35. The summed E-state index contributed by atoms with van der Waals surface area (Å²) in [5.74, 6) is -0.0210. The number of anilines is 1. The summed E-state index contributed by atoms with van der Waals surface area (Å²) in [4.78, 5) is 10.9. The Kier molecular flexibility index (Phi) is 2.72. The number of hydrogen-bond donors (Lipinski definition) is 2. The highest BCUT2D eigenvalue weighted by Gasteiger charge is 2.12. The van der Waals surface area contributed by atoms with E-state index in [1.165, 1.54) is 18.5 Å². The Morgan fingerprint density at radius 3 is 2.95 bits per heavy atom. The molecule has 19 heavy (non-hydrogen) atoms. The van der Waals surface area contributed by atoms with Crippen LogP contribution in [-0.4, -0.2) is 15.0 Å². The van der Waals surface area contributed by atoms with Crippen molar-refractivity contribution in [3.8, 4) is 11.6 Å². The predicted octanol–water partition coefficient (Wildman–Crippen LogP) is 3.12. The van der Waals surface area contributed by atoms with E-state index in [1.54, 1.807) is 12.3 Å². The molecule has 0 unspecified atom stereocenters. The summed E-state index contributed by atoms with van der Waals surface area (Å²) in [6.07, 6.45) is 2.91. The molecule has 0 amide bonds. The molecule has 2 heterocycles. The summed E-state index contributed by atoms with van der Waals surface area (Å²) >= 11 is 6.02. The van der Waals surface area contributed by atoms with Crippen LogP contribution in [0.15, 0.2) is 30.7 Å². The van der Waals surface area contributed by atoms with Crippen LogP contribution in [-0.2, 0) is 0 Å². The van der Waals surface area contributed by atoms with Gasteiger partial charge >= 0.3 is 0 Å². The van der Waals surface area contributed by atoms with Crippen LogP contribution in [0, 0.1) is 5.82 Å². The van der Waals surface area contributed by atoms with Gasteiger partial charge in [0.1, 0.15) is 23.5 Å². The summed E-state index contributed by atoms with van der Waals surface area (Å²) in [7, 11) is 0. The van der Waals surface area contributed by atoms with Crippen molar-refractivity contribution in [1.82, 2.24) is 15.0 Å². The molecule has 3 aromatic rings. The number of benzene rings is 1. The zero-order valence-electron chi connectivity index (χ0n) is 9.52. The molecule has 0 atom stereocenters. The van der Waals surface area contributed by atoms with E-state index in [0.29, 0.717) is 16.1 Å². The normalized spacial score (nSPS) is 10.8. The average molecular weight is 279 g/mol. The fourth-order valence-corrected chi connectivity index (χ4v) is 1.88. The first-order chi connectivity index (χ1) is 9.15. The number of nitrogens with one attached hydrogen (secondary N) is 1. The summed E-state index contributed by atoms with van der Waals surface area (Å²) in [5.41, 5.74) is 6.00. The van der Waals surface area contributed by atoms with Crippen molar-refractivity contribution in [2.24, 2.45) is 0 Å². The van der Waals surface area contributed by atoms with Crippen LogP contribution in [0.5, 0.6) is 11.6 Å². The molecule has 3 N–H and O–H groups in total. The van der Waals surface area contributed by atoms with Gasteiger partial charge in [-0.15, -0.1) is 0 Å². The molecule has 3 rings (SSSR count). The van der Waals surface area contributed by atoms with E-state index in [4.69, 9.17) is 22.1 Å². The number of hydrogen-bond acceptors (Lipinski definition) is 4. The number of nitrogens with two attached hydrogens (primary N) is 1. The number of aromatic amines is 1. The Hall–Kier alpha value is -2.34. The first-order valence-corrected chi connectivity index (χ1v) is 5.73. The van der Waals surface area contributed by atoms with Gasteiger partial charge in [0.15, 0.2) is 0 Å². The van der Waals surface area contributed by atoms with E-state index in [-0.39, 0.29) is 17.3 Å². The second-order valence-corrected chi connectivity index (χ2v) is 4.23. The zero-order valence-corrected chi connectivity index (χ0v) is 10.3. The monoisotopic (exact) mass is 278 g/mol. The van der Waals surface area contributed by atoms with Gasteiger partial charge in [0.25, 0.3) is 0 Å². The Balaban J connectivity index is 2.05. The topological polar surface area (TPSA) is 76.8 Å². The number of H-pyrrole nitrogens is 1. The summed E-state index contributed by atoms with van der Waals surface area (Å²) < 4.78 is 18.9. The third-order valence-corrected chi connectivity index (χ3v) is 2.87. The molecule has 0 fully saturated rings. The number of nitrogens with zero attached hydrogens (tertiary/aromatic N) is 2. The van der Waals surface area contributed by atoms with Crippen LogP contribution in [0.25, 0.3) is 11.0 Å². The molecule has 0 bridgehead atoms. The molecule has 0 aliphatic rings. The van der Waals surface area contributed by atoms with E-state index in [2.05, 4.69) is 15.0 Å². The Bertz CT molecular complexity index is 759. The minimum Gasteiger partial charge on any atom is -0.438 e. The largest absolute Gasteiger partial charge is 0.438 e. The number of halogens is 2. The fraction of sp³-hybridized carbons (Fsp3) is 0. The molecule has 0 saturated heterocycles. The van der Waals surface area contributed by atoms with E-state index >= 15 is 0 Å². The Labute approximate surface area is 112 Å². The lowest BCUT2D eigenvalue weighted by molar-refractivity contribution is 0.463. The fourth-order valence-electron chi connectivity index (χ4n) is 1.66. The van der Waals surface area contributed by atoms with Gasteiger partial charge in [-0.25, -0.2) is 14.4 Å². The van der Waals surface area contributed by atoms with Gasteiger partial charge in [-0.1, -0.05) is 11.6 Å². The van der Waals surface area contributed by atoms with Crippen LogP contribution in [0.3, 0.4) is 0 Å². The van der Waals surface area contributed by atoms with Gasteiger partial charge in [0.2, 0.25) is 5.88 Å². The van der Waals surface area contributed by atoms with Crippen molar-refractivity contribution in [1.29, 1.82) is 0 Å². The Morgan fingerprint density at radius 2 is 2.16 bits per heavy atom. The van der Waals surface area contributed by atoms with Gasteiger partial charge < -0.3 is 15.5 Å². The van der Waals surface area contributed by atoms with Crippen LogP contribution in [0.4, 0.5) is 10.1 Å². The van der Waals surface area contributed by atoms with E-state index in [1.807, 2.05) is 0 Å². The van der Waals surface area contributed by atoms with Crippen LogP contribution >= 0.6 is 11.6 Å². The maximum absolute atomic E-state index is 13.3. The maximum Gasteiger partial charge on any atom is 0.233 e. The van der Waals surface area contributed by atoms with Crippen LogP contribution in [0.2, 0.25) is 5.02 Å². The molecule has 96 valence electrons. The third kappa shape index (κ3) is 2.06. The lowest BCUT2D eigenvalue weighted by Gasteiger charge is -2.06. The molecule has 1 aromatic carbocycles. The average Bonchev–Trinajstić information content (AvgIpc) is 2.77. The van der Waals surface area contributed by atoms with Gasteiger partial charge in [-0.3, -0.25) is 0 Å². The van der Waals surface area contributed by atoms with Gasteiger partial charge in [0, 0.05) is 12.3 Å². The standard InChI is InChI=1S/C12H8ClFN4O/c13-7-4-16-11-10(7)12(18-5-17-11)19-6-1-2-9(15)8(14)3-6/h1-5H,15H2,(H,16,17,18). The minimum atomic E-state index is -0.553. The molecular weight excluding hydrogens is 271 g/mol. The van der Waals surface area contributed by atoms with Gasteiger partial charge in [0.05, 0.1) is 16.1 Å². The summed E-state index contributed by atoms with van der Waals surface area (Å²) in [6.45, 7) is 0. The summed E-state index contributed by atoms with van der Waals surface area (Å²) in [6, 6.07) is 4.15. The second-order valence-electron chi connectivity index (χ2n) is 3.82. The molecular formula is C12H8ClFN4O. The second kappa shape index (κ2) is 4.40. The van der Waals surface area contributed by atoms with E-state index in [9.17, 15) is 4.39 Å². The lowest BCUT2D eigenvalue weighted by Crippen LogP contribution is -1.93. The molecule has 0 aliphatic carbocycles. The van der Waals surface area contributed by atoms with E-state index < -0.39 is 5.82 Å². The van der Waals surface area contributed by atoms with Crippen molar-refractivity contribution in [3.05, 3.63) is 41.6 Å². The van der Waals surface area contributed by atoms with Crippen LogP contribution < -0.4 is 10.5 Å². The lowest BCUT2D eigenvalue weighted by atomic mass is 10.3. The number of ether oxygens (including phenoxy) is 1. The first-order valence-electron chi connectivity index (χ1n) is 5.35. The van der Waals surface area contributed by atoms with Crippen molar-refractivity contribution >= 4 is 28.3 Å². The summed E-state index contributed by atoms with van der Waals surface area (Å²) in [5, 5.41) is 0.975. The number of fused-ring (bicyclic) bond motifs is 1. The van der Waals surface area contributed by atoms with Crippen molar-refractivity contribution in [3.63, 3.8) is 0 Å². The van der Waals surface area contributed by atoms with Gasteiger partial charge in [-0.2, -0.15) is 0 Å². The molecule has 0 aliphatic heterocycles. The molecule has 0 spiro atoms. The van der Waals surface area contributed by atoms with Crippen molar-refractivity contribution in [2.45, 2.75) is 0 Å². The quantitative estimate of drug-likeness (QED) is 0.706. The molecule has 2 aromatic heterocycles. The SMILES string of the molecule is Nc1ccc(Oc2ncnc3[nH]cc(Cl)c23)cc1F. The number of nitrogen functional groups attached to an aromatic ring is 1. The highest BCUT2D eigenvalue weighted by atomic mass is 35.5. The number of rotatable bonds is 2. The molecule has 0 saturated carbocycles. The number of aromatic nitrogens is 3. The zero-order chi connectivity index (χ0) is 13.4. The Morgan fingerprint density at radius 1 is 1.32 bits per heavy atom. The molecule has 5 nitrogen and oxygen atoms in total. The van der Waals surface area contributed by atoms with Gasteiger partial charge in [-0.05, 0) is 12.1 Å². The highest BCUT2D eigenvalue weighted by Crippen LogP contribution is 2.32. The van der Waals surface area contributed by atoms with Crippen LogP contribution in [0.1, 0.15) is 0 Å². The maximum atomic E-state index is 13.3. The smallest absolute Gasteiger partial charge is 0.233 e. The molecule has 7 heteroatoms. The predicted molar refractivity (Wildman–Crippen MR) is 69.8 cm³/mol. The molecule has 0 radical (unpaired) electrons. The minimum absolute atomic E-state index is 0.0554.